The Morgan fingerprint density at radius 1 is 1.08 bits per heavy atom. The Kier molecular flexibility index (Phi) is 3.09. The maximum Gasteiger partial charge on any atom is 0.163 e. The number of hydrogen-bond acceptors (Lipinski definition) is 5. The first-order chi connectivity index (χ1) is 12.3. The molecule has 2 N–H and O–H groups in total. The van der Waals surface area contributed by atoms with Crippen molar-refractivity contribution in [3.8, 4) is 28.5 Å². The van der Waals surface area contributed by atoms with Gasteiger partial charge in [-0.1, -0.05) is 12.1 Å². The van der Waals surface area contributed by atoms with Gasteiger partial charge in [-0.3, -0.25) is 5.10 Å². The lowest BCUT2D eigenvalue weighted by molar-refractivity contribution is 0.171. The lowest BCUT2D eigenvalue weighted by atomic mass is 10.1. The van der Waals surface area contributed by atoms with Gasteiger partial charge in [0.25, 0.3) is 0 Å². The van der Waals surface area contributed by atoms with Crippen LogP contribution in [0.5, 0.6) is 17.2 Å². The monoisotopic (exact) mass is 335 g/mol. The molecule has 1 aromatic heterocycles. The van der Waals surface area contributed by atoms with E-state index >= 15 is 0 Å². The highest BCUT2D eigenvalue weighted by Gasteiger charge is 2.27. The molecule has 5 rings (SSSR count). The van der Waals surface area contributed by atoms with E-state index in [9.17, 15) is 0 Å². The molecule has 0 radical (unpaired) electrons. The van der Waals surface area contributed by atoms with Gasteiger partial charge in [-0.25, -0.2) is 0 Å². The quantitative estimate of drug-likeness (QED) is 0.600. The smallest absolute Gasteiger partial charge is 0.163 e. The van der Waals surface area contributed by atoms with Crippen molar-refractivity contribution in [1.82, 2.24) is 10.2 Å². The Labute approximate surface area is 144 Å². The predicted molar refractivity (Wildman–Crippen MR) is 94.1 cm³/mol. The van der Waals surface area contributed by atoms with Crippen molar-refractivity contribution in [3.63, 3.8) is 0 Å². The molecule has 126 valence electrons. The molecule has 6 heteroatoms. The van der Waals surface area contributed by atoms with Crippen LogP contribution in [0.15, 0.2) is 36.4 Å². The summed E-state index contributed by atoms with van der Waals surface area (Å²) in [5.41, 5.74) is 5.46. The Morgan fingerprint density at radius 3 is 2.84 bits per heavy atom. The molecule has 2 aromatic carbocycles. The number of anilines is 2. The molecule has 0 spiro atoms. The van der Waals surface area contributed by atoms with Crippen LogP contribution in [0, 0.1) is 0 Å². The molecule has 0 saturated carbocycles. The Hall–Kier alpha value is -3.15. The van der Waals surface area contributed by atoms with Crippen molar-refractivity contribution in [2.24, 2.45) is 0 Å². The summed E-state index contributed by atoms with van der Waals surface area (Å²) in [4.78, 5) is 0. The van der Waals surface area contributed by atoms with Crippen LogP contribution in [0.4, 0.5) is 11.5 Å². The highest BCUT2D eigenvalue weighted by Crippen LogP contribution is 2.43. The van der Waals surface area contributed by atoms with E-state index in [1.807, 2.05) is 30.3 Å². The van der Waals surface area contributed by atoms with Crippen molar-refractivity contribution >= 4 is 11.5 Å². The van der Waals surface area contributed by atoms with Gasteiger partial charge in [-0.05, 0) is 18.2 Å². The van der Waals surface area contributed by atoms with Gasteiger partial charge in [0, 0.05) is 34.9 Å². The molecule has 6 nitrogen and oxygen atoms in total. The standard InChI is InChI=1S/C19H17N3O3/c1-23-15-4-2-3-12-13(15)10-14-18(12)21-22-19(14)20-11-5-6-16-17(9-11)25-8-7-24-16/h2-6,9H,7-8,10H2,1H3,(H2,20,21,22). The lowest BCUT2D eigenvalue weighted by Gasteiger charge is -2.19. The van der Waals surface area contributed by atoms with E-state index in [0.717, 1.165) is 52.0 Å². The van der Waals surface area contributed by atoms with Crippen molar-refractivity contribution in [2.75, 3.05) is 25.6 Å². The van der Waals surface area contributed by atoms with E-state index in [2.05, 4.69) is 21.6 Å². The number of rotatable bonds is 3. The maximum absolute atomic E-state index is 5.65. The second-order valence-electron chi connectivity index (χ2n) is 6.07. The van der Waals surface area contributed by atoms with Crippen LogP contribution >= 0.6 is 0 Å². The molecule has 1 aliphatic heterocycles. The highest BCUT2D eigenvalue weighted by atomic mass is 16.6. The predicted octanol–water partition coefficient (Wildman–Crippen LogP) is 3.50. The Bertz CT molecular complexity index is 965. The number of fused-ring (bicyclic) bond motifs is 4. The summed E-state index contributed by atoms with van der Waals surface area (Å²) in [6, 6.07) is 11.9. The third kappa shape index (κ3) is 2.21. The lowest BCUT2D eigenvalue weighted by Crippen LogP contribution is -2.15. The van der Waals surface area contributed by atoms with Gasteiger partial charge in [0.15, 0.2) is 17.3 Å². The number of benzene rings is 2. The number of aromatic nitrogens is 2. The summed E-state index contributed by atoms with van der Waals surface area (Å²) < 4.78 is 16.7. The van der Waals surface area contributed by atoms with Crippen molar-refractivity contribution < 1.29 is 14.2 Å². The van der Waals surface area contributed by atoms with Gasteiger partial charge in [-0.15, -0.1) is 0 Å². The number of methoxy groups -OCH3 is 1. The summed E-state index contributed by atoms with van der Waals surface area (Å²) in [6.45, 7) is 1.16. The fourth-order valence-corrected chi connectivity index (χ4v) is 3.47. The minimum absolute atomic E-state index is 0.573. The zero-order chi connectivity index (χ0) is 16.8. The minimum Gasteiger partial charge on any atom is -0.496 e. The van der Waals surface area contributed by atoms with Gasteiger partial charge in [-0.2, -0.15) is 5.10 Å². The molecular weight excluding hydrogens is 318 g/mol. The molecule has 0 unspecified atom stereocenters. The summed E-state index contributed by atoms with van der Waals surface area (Å²) in [7, 11) is 1.70. The van der Waals surface area contributed by atoms with E-state index in [1.54, 1.807) is 7.11 Å². The Balaban J connectivity index is 1.48. The number of hydrogen-bond donors (Lipinski definition) is 2. The molecule has 25 heavy (non-hydrogen) atoms. The average molecular weight is 335 g/mol. The normalized spacial score (nSPS) is 14.0. The molecule has 0 saturated heterocycles. The molecule has 0 fully saturated rings. The first-order valence-electron chi connectivity index (χ1n) is 8.23. The van der Waals surface area contributed by atoms with Crippen molar-refractivity contribution in [1.29, 1.82) is 0 Å². The molecule has 0 bridgehead atoms. The topological polar surface area (TPSA) is 68.4 Å². The van der Waals surface area contributed by atoms with Crippen LogP contribution in [0.1, 0.15) is 11.1 Å². The Morgan fingerprint density at radius 2 is 1.96 bits per heavy atom. The van der Waals surface area contributed by atoms with Gasteiger partial charge < -0.3 is 19.5 Å². The number of aromatic amines is 1. The number of nitrogens with zero attached hydrogens (tertiary/aromatic N) is 1. The molecule has 2 heterocycles. The largest absolute Gasteiger partial charge is 0.496 e. The zero-order valence-corrected chi connectivity index (χ0v) is 13.8. The molecule has 1 aliphatic carbocycles. The third-order valence-electron chi connectivity index (χ3n) is 4.65. The third-order valence-corrected chi connectivity index (χ3v) is 4.65. The second kappa shape index (κ2) is 5.44. The van der Waals surface area contributed by atoms with E-state index in [0.29, 0.717) is 13.2 Å². The van der Waals surface area contributed by atoms with Crippen LogP contribution in [0.25, 0.3) is 11.3 Å². The molecular formula is C19H17N3O3. The summed E-state index contributed by atoms with van der Waals surface area (Å²) >= 11 is 0. The second-order valence-corrected chi connectivity index (χ2v) is 6.07. The van der Waals surface area contributed by atoms with Gasteiger partial charge >= 0.3 is 0 Å². The number of nitrogens with one attached hydrogen (secondary N) is 2. The first kappa shape index (κ1) is 14.2. The summed E-state index contributed by atoms with van der Waals surface area (Å²) in [5, 5.41) is 11.0. The van der Waals surface area contributed by atoms with Gasteiger partial charge in [0.1, 0.15) is 19.0 Å². The fraction of sp³-hybridized carbons (Fsp3) is 0.211. The molecule has 0 amide bonds. The minimum atomic E-state index is 0.573. The van der Waals surface area contributed by atoms with Crippen molar-refractivity contribution in [3.05, 3.63) is 47.5 Å². The zero-order valence-electron chi connectivity index (χ0n) is 13.8. The number of ether oxygens (including phenoxy) is 3. The first-order valence-corrected chi connectivity index (χ1v) is 8.23. The highest BCUT2D eigenvalue weighted by molar-refractivity contribution is 5.81. The van der Waals surface area contributed by atoms with E-state index in [4.69, 9.17) is 14.2 Å². The molecule has 3 aromatic rings. The van der Waals surface area contributed by atoms with Gasteiger partial charge in [0.2, 0.25) is 0 Å². The van der Waals surface area contributed by atoms with E-state index in [-0.39, 0.29) is 0 Å². The summed E-state index contributed by atoms with van der Waals surface area (Å²) in [5.74, 6) is 3.27. The average Bonchev–Trinajstić information content (AvgIpc) is 3.21. The maximum atomic E-state index is 5.65. The van der Waals surface area contributed by atoms with Crippen LogP contribution in [-0.2, 0) is 6.42 Å². The van der Waals surface area contributed by atoms with Crippen LogP contribution in [0.2, 0.25) is 0 Å². The summed E-state index contributed by atoms with van der Waals surface area (Å²) in [6.07, 6.45) is 0.790. The molecule has 2 aliphatic rings. The van der Waals surface area contributed by atoms with Gasteiger partial charge in [0.05, 0.1) is 12.8 Å². The van der Waals surface area contributed by atoms with E-state index in [1.165, 1.54) is 5.56 Å². The SMILES string of the molecule is COc1cccc2c1Cc1c(Nc3ccc4c(c3)OCCO4)n[nH]c1-2. The van der Waals surface area contributed by atoms with Crippen LogP contribution in [0.3, 0.4) is 0 Å². The van der Waals surface area contributed by atoms with E-state index < -0.39 is 0 Å². The van der Waals surface area contributed by atoms with Crippen LogP contribution < -0.4 is 19.5 Å². The van der Waals surface area contributed by atoms with Crippen molar-refractivity contribution in [2.45, 2.75) is 6.42 Å². The fourth-order valence-electron chi connectivity index (χ4n) is 3.47. The van der Waals surface area contributed by atoms with Crippen LogP contribution in [-0.4, -0.2) is 30.5 Å². The molecule has 0 atom stereocenters. The number of H-pyrrole nitrogens is 1.